The molecule has 2 aromatic rings. The molecule has 1 aliphatic rings. The average Bonchev–Trinajstić information content (AvgIpc) is 3.13. The molecule has 176 valence electrons. The molecule has 0 saturated heterocycles. The molecule has 3 atom stereocenters. The van der Waals surface area contributed by atoms with Gasteiger partial charge in [-0.25, -0.2) is 14.2 Å². The van der Waals surface area contributed by atoms with Crippen LogP contribution >= 0.6 is 0 Å². The summed E-state index contributed by atoms with van der Waals surface area (Å²) in [5, 5.41) is 8.08. The molecule has 3 N–H and O–H groups in total. The van der Waals surface area contributed by atoms with E-state index in [9.17, 15) is 18.8 Å². The second kappa shape index (κ2) is 10.4. The van der Waals surface area contributed by atoms with Gasteiger partial charge in [0, 0.05) is 23.9 Å². The summed E-state index contributed by atoms with van der Waals surface area (Å²) in [6.07, 6.45) is -0.0432. The fourth-order valence-corrected chi connectivity index (χ4v) is 3.47. The summed E-state index contributed by atoms with van der Waals surface area (Å²) >= 11 is 0. The van der Waals surface area contributed by atoms with Gasteiger partial charge < -0.3 is 15.4 Å². The van der Waals surface area contributed by atoms with Gasteiger partial charge in [-0.15, -0.1) is 0 Å². The van der Waals surface area contributed by atoms with E-state index < -0.39 is 36.1 Å². The largest absolute Gasteiger partial charge is 0.424 e. The second-order valence-electron chi connectivity index (χ2n) is 8.13. The highest BCUT2D eigenvalue weighted by atomic mass is 19.1. The van der Waals surface area contributed by atoms with Gasteiger partial charge in [0.05, 0.1) is 6.04 Å². The Morgan fingerprint density at radius 3 is 2.61 bits per heavy atom. The van der Waals surface area contributed by atoms with E-state index in [4.69, 9.17) is 4.74 Å². The highest BCUT2D eigenvalue weighted by molar-refractivity contribution is 6.01. The Morgan fingerprint density at radius 1 is 1.18 bits per heavy atom. The number of amides is 3. The van der Waals surface area contributed by atoms with E-state index in [1.165, 1.54) is 23.1 Å². The van der Waals surface area contributed by atoms with Gasteiger partial charge in [-0.3, -0.25) is 19.8 Å². The number of halogens is 1. The van der Waals surface area contributed by atoms with Gasteiger partial charge in [0.1, 0.15) is 17.7 Å². The third-order valence-electron chi connectivity index (χ3n) is 5.39. The number of pyridine rings is 1. The number of nitrogens with one attached hydrogen (secondary N) is 3. The van der Waals surface area contributed by atoms with Gasteiger partial charge in [-0.05, 0) is 44.2 Å². The number of fused-ring (bicyclic) bond motifs is 1. The van der Waals surface area contributed by atoms with Crippen molar-refractivity contribution in [3.63, 3.8) is 0 Å². The van der Waals surface area contributed by atoms with Crippen LogP contribution < -0.4 is 20.9 Å². The molecule has 1 aromatic heterocycles. The van der Waals surface area contributed by atoms with E-state index in [-0.39, 0.29) is 23.9 Å². The van der Waals surface area contributed by atoms with Gasteiger partial charge in [-0.1, -0.05) is 26.0 Å². The zero-order valence-corrected chi connectivity index (χ0v) is 19.0. The number of likely N-dealkylation sites (N-methyl/N-ethyl adjacent to an activating group) is 1. The zero-order valence-electron chi connectivity index (χ0n) is 19.0. The molecule has 3 rings (SSSR count). The van der Waals surface area contributed by atoms with E-state index in [1.807, 2.05) is 13.8 Å². The lowest BCUT2D eigenvalue weighted by molar-refractivity contribution is -0.130. The summed E-state index contributed by atoms with van der Waals surface area (Å²) in [5.74, 6) is -1.14. The minimum absolute atomic E-state index is 0.222. The van der Waals surface area contributed by atoms with Crippen LogP contribution in [0.3, 0.4) is 0 Å². The number of ether oxygens (including phenoxy) is 1. The maximum absolute atomic E-state index is 13.6. The quantitative estimate of drug-likeness (QED) is 0.589. The number of nitrogens with zero attached hydrogens (tertiary/aromatic N) is 2. The van der Waals surface area contributed by atoms with Crippen molar-refractivity contribution in [3.8, 4) is 0 Å². The smallest absolute Gasteiger partial charge is 0.413 e. The first-order valence-electron chi connectivity index (χ1n) is 10.7. The summed E-state index contributed by atoms with van der Waals surface area (Å²) in [6.45, 7) is 5.32. The summed E-state index contributed by atoms with van der Waals surface area (Å²) in [5.41, 5.74) is 0.951. The van der Waals surface area contributed by atoms with Crippen LogP contribution in [0.1, 0.15) is 26.3 Å². The van der Waals surface area contributed by atoms with Gasteiger partial charge >= 0.3 is 6.09 Å². The fraction of sp³-hybridized carbons (Fsp3) is 0.391. The van der Waals surface area contributed by atoms with Gasteiger partial charge in [0.2, 0.25) is 5.91 Å². The molecule has 1 aliphatic heterocycles. The van der Waals surface area contributed by atoms with Crippen LogP contribution in [0, 0.1) is 11.7 Å². The summed E-state index contributed by atoms with van der Waals surface area (Å²) in [4.78, 5) is 44.2. The molecule has 0 bridgehead atoms. The lowest BCUT2D eigenvalue weighted by Gasteiger charge is -2.31. The normalized spacial score (nSPS) is 16.7. The predicted octanol–water partition coefficient (Wildman–Crippen LogP) is 2.43. The molecule has 1 aromatic carbocycles. The van der Waals surface area contributed by atoms with Crippen LogP contribution in [0.4, 0.5) is 20.7 Å². The van der Waals surface area contributed by atoms with Crippen molar-refractivity contribution in [2.24, 2.45) is 5.92 Å². The zero-order chi connectivity index (χ0) is 24.1. The Labute approximate surface area is 191 Å². The molecule has 10 heteroatoms. The van der Waals surface area contributed by atoms with Crippen LogP contribution in [0.15, 0.2) is 42.6 Å². The van der Waals surface area contributed by atoms with Crippen molar-refractivity contribution in [1.29, 1.82) is 0 Å². The lowest BCUT2D eigenvalue weighted by atomic mass is 10.0. The maximum atomic E-state index is 13.6. The molecular formula is C23H28FN5O4. The number of anilines is 2. The number of rotatable bonds is 7. The number of carbonyl (C=O) groups excluding carboxylic acids is 3. The molecule has 0 fully saturated rings. The van der Waals surface area contributed by atoms with Crippen molar-refractivity contribution in [2.75, 3.05) is 17.3 Å². The third-order valence-corrected chi connectivity index (χ3v) is 5.39. The molecule has 0 unspecified atom stereocenters. The monoisotopic (exact) mass is 457 g/mol. The van der Waals surface area contributed by atoms with E-state index in [2.05, 4.69) is 20.9 Å². The number of aromatic nitrogens is 1. The van der Waals surface area contributed by atoms with Crippen LogP contribution in [-0.2, 0) is 20.7 Å². The second-order valence-corrected chi connectivity index (χ2v) is 8.13. The first kappa shape index (κ1) is 24.1. The first-order chi connectivity index (χ1) is 15.7. The van der Waals surface area contributed by atoms with Crippen LogP contribution in [0.2, 0.25) is 0 Å². The molecular weight excluding hydrogens is 429 g/mol. The van der Waals surface area contributed by atoms with Crippen LogP contribution in [0.25, 0.3) is 0 Å². The average molecular weight is 458 g/mol. The first-order valence-corrected chi connectivity index (χ1v) is 10.7. The standard InChI is InChI=1S/C23H28FN5O4/c1-13(2)19(28-21(30)14(3)25-4)22(31)29-18(11-15-7-6-10-26-20(15)29)33-23(32)27-17-9-5-8-16(24)12-17/h5-10,12-14,18-19,25H,11H2,1-4H3,(H,27,32)(H,28,30)/t14-,18-,19-/m0/s1. The summed E-state index contributed by atoms with van der Waals surface area (Å²) < 4.78 is 19.0. The molecule has 0 saturated carbocycles. The van der Waals surface area contributed by atoms with E-state index in [0.717, 1.165) is 11.6 Å². The maximum Gasteiger partial charge on any atom is 0.413 e. The lowest BCUT2D eigenvalue weighted by Crippen LogP contribution is -2.56. The predicted molar refractivity (Wildman–Crippen MR) is 121 cm³/mol. The molecule has 3 amide bonds. The van der Waals surface area contributed by atoms with Crippen LogP contribution in [0.5, 0.6) is 0 Å². The van der Waals surface area contributed by atoms with Gasteiger partial charge in [-0.2, -0.15) is 0 Å². The number of benzene rings is 1. The number of carbonyl (C=O) groups is 3. The highest BCUT2D eigenvalue weighted by Crippen LogP contribution is 2.32. The Bertz CT molecular complexity index is 1030. The molecule has 9 nitrogen and oxygen atoms in total. The molecule has 2 heterocycles. The van der Waals surface area contributed by atoms with E-state index in [1.54, 1.807) is 32.3 Å². The third kappa shape index (κ3) is 5.64. The molecule has 0 aliphatic carbocycles. The van der Waals surface area contributed by atoms with Gasteiger partial charge in [0.15, 0.2) is 6.23 Å². The SMILES string of the molecule is CN[C@@H](C)C(=O)N[C@H](C(=O)N1c2ncccc2C[C@@H]1OC(=O)Nc1cccc(F)c1)C(C)C. The van der Waals surface area contributed by atoms with E-state index >= 15 is 0 Å². The van der Waals surface area contributed by atoms with Crippen molar-refractivity contribution < 1.29 is 23.5 Å². The fourth-order valence-electron chi connectivity index (χ4n) is 3.47. The summed E-state index contributed by atoms with van der Waals surface area (Å²) in [6, 6.07) is 7.55. The molecule has 0 spiro atoms. The Morgan fingerprint density at radius 2 is 1.94 bits per heavy atom. The van der Waals surface area contributed by atoms with Crippen molar-refractivity contribution in [2.45, 2.75) is 45.5 Å². The van der Waals surface area contributed by atoms with Gasteiger partial charge in [0.25, 0.3) is 5.91 Å². The topological polar surface area (TPSA) is 113 Å². The van der Waals surface area contributed by atoms with Crippen molar-refractivity contribution in [1.82, 2.24) is 15.6 Å². The minimum Gasteiger partial charge on any atom is -0.424 e. The number of hydrogen-bond acceptors (Lipinski definition) is 6. The Balaban J connectivity index is 1.83. The highest BCUT2D eigenvalue weighted by Gasteiger charge is 2.41. The van der Waals surface area contributed by atoms with Crippen molar-refractivity contribution >= 4 is 29.4 Å². The summed E-state index contributed by atoms with van der Waals surface area (Å²) in [7, 11) is 1.65. The molecule has 33 heavy (non-hydrogen) atoms. The van der Waals surface area contributed by atoms with Crippen LogP contribution in [-0.4, -0.2) is 48.3 Å². The number of hydrogen-bond donors (Lipinski definition) is 3. The minimum atomic E-state index is -0.976. The van der Waals surface area contributed by atoms with E-state index in [0.29, 0.717) is 5.82 Å². The van der Waals surface area contributed by atoms with Crippen molar-refractivity contribution in [3.05, 3.63) is 54.0 Å². The molecule has 0 radical (unpaired) electrons. The Kier molecular flexibility index (Phi) is 7.59. The Hall–Kier alpha value is -3.53.